The summed E-state index contributed by atoms with van der Waals surface area (Å²) in [5, 5.41) is 14.0. The second-order valence-electron chi connectivity index (χ2n) is 9.88. The van der Waals surface area contributed by atoms with Crippen LogP contribution in [0.5, 0.6) is 5.75 Å². The van der Waals surface area contributed by atoms with Gasteiger partial charge >= 0.3 is 6.36 Å². The van der Waals surface area contributed by atoms with Gasteiger partial charge in [0.25, 0.3) is 5.56 Å². The maximum Gasteiger partial charge on any atom is 0.573 e. The van der Waals surface area contributed by atoms with E-state index in [9.17, 15) is 23.1 Å². The highest BCUT2D eigenvalue weighted by molar-refractivity contribution is 5.83. The van der Waals surface area contributed by atoms with Crippen LogP contribution in [0.2, 0.25) is 0 Å². The number of aliphatic hydroxyl groups excluding tert-OH is 1. The van der Waals surface area contributed by atoms with Crippen LogP contribution in [-0.2, 0) is 0 Å². The lowest BCUT2D eigenvalue weighted by Crippen LogP contribution is -2.53. The fourth-order valence-electron chi connectivity index (χ4n) is 4.68. The molecule has 216 valence electrons. The Bertz CT molecular complexity index is 1590. The summed E-state index contributed by atoms with van der Waals surface area (Å²) in [6, 6.07) is 8.35. The van der Waals surface area contributed by atoms with Crippen molar-refractivity contribution in [3.05, 3.63) is 65.5 Å². The molecule has 1 aliphatic heterocycles. The second kappa shape index (κ2) is 11.3. The lowest BCUT2D eigenvalue weighted by Gasteiger charge is -2.38. The number of nitrogen functional groups attached to an aromatic ring is 1. The van der Waals surface area contributed by atoms with Crippen molar-refractivity contribution in [2.24, 2.45) is 0 Å². The van der Waals surface area contributed by atoms with Crippen molar-refractivity contribution < 1.29 is 23.0 Å². The Labute approximate surface area is 233 Å². The van der Waals surface area contributed by atoms with E-state index < -0.39 is 29.9 Å². The molecule has 4 aromatic rings. The number of likely N-dealkylation sites (N-methyl/N-ethyl adjacent to an activating group) is 1. The third-order valence-electron chi connectivity index (χ3n) is 7.11. The van der Waals surface area contributed by atoms with Crippen LogP contribution in [0.15, 0.2) is 59.9 Å². The van der Waals surface area contributed by atoms with Crippen LogP contribution < -0.4 is 21.3 Å². The van der Waals surface area contributed by atoms with Crippen LogP contribution >= 0.6 is 0 Å². The third-order valence-corrected chi connectivity index (χ3v) is 7.11. The lowest BCUT2D eigenvalue weighted by molar-refractivity contribution is -0.274. The Morgan fingerprint density at radius 1 is 1.02 bits per heavy atom. The molecule has 4 N–H and O–H groups in total. The Balaban J connectivity index is 1.46. The summed E-state index contributed by atoms with van der Waals surface area (Å²) in [5.74, 6) is -0.402. The van der Waals surface area contributed by atoms with Crippen molar-refractivity contribution in [1.29, 1.82) is 0 Å². The second-order valence-corrected chi connectivity index (χ2v) is 9.88. The molecule has 41 heavy (non-hydrogen) atoms. The first-order valence-electron chi connectivity index (χ1n) is 12.9. The summed E-state index contributed by atoms with van der Waals surface area (Å²) in [7, 11) is 2.00. The molecule has 1 fully saturated rings. The number of nitrogens with zero attached hydrogens (tertiary/aromatic N) is 6. The molecule has 0 spiro atoms. The molecule has 2 aromatic heterocycles. The number of anilines is 2. The fourth-order valence-corrected chi connectivity index (χ4v) is 4.68. The molecule has 0 saturated carbocycles. The van der Waals surface area contributed by atoms with Crippen LogP contribution in [0.3, 0.4) is 0 Å². The number of aromatic nitrogens is 4. The number of aliphatic hydroxyl groups is 1. The van der Waals surface area contributed by atoms with Crippen LogP contribution in [0, 0.1) is 0 Å². The molecule has 0 bridgehead atoms. The van der Waals surface area contributed by atoms with Gasteiger partial charge in [-0.05, 0) is 49.9 Å². The van der Waals surface area contributed by atoms with Crippen molar-refractivity contribution >= 4 is 22.5 Å². The minimum Gasteiger partial charge on any atom is -0.404 e. The van der Waals surface area contributed by atoms with E-state index >= 15 is 0 Å². The summed E-state index contributed by atoms with van der Waals surface area (Å²) < 4.78 is 45.0. The Morgan fingerprint density at radius 3 is 2.41 bits per heavy atom. The fraction of sp³-hybridized carbons (Fsp3) is 0.333. The highest BCUT2D eigenvalue weighted by Gasteiger charge is 2.33. The number of fused-ring (bicyclic) bond motifs is 1. The first kappa shape index (κ1) is 28.3. The quantitative estimate of drug-likeness (QED) is 0.285. The predicted octanol–water partition coefficient (Wildman–Crippen LogP) is 2.69. The van der Waals surface area contributed by atoms with E-state index in [1.807, 2.05) is 11.9 Å². The molecule has 0 amide bonds. The Hall–Kier alpha value is -4.27. The highest BCUT2D eigenvalue weighted by Crippen LogP contribution is 2.33. The van der Waals surface area contributed by atoms with Gasteiger partial charge in [-0.25, -0.2) is 15.0 Å². The van der Waals surface area contributed by atoms with Gasteiger partial charge in [-0.2, -0.15) is 0 Å². The third kappa shape index (κ3) is 6.39. The zero-order valence-electron chi connectivity index (χ0n) is 22.3. The van der Waals surface area contributed by atoms with E-state index in [1.165, 1.54) is 23.0 Å². The van der Waals surface area contributed by atoms with E-state index in [1.54, 1.807) is 37.5 Å². The molecule has 1 saturated heterocycles. The van der Waals surface area contributed by atoms with Crippen LogP contribution in [0.1, 0.15) is 6.92 Å². The minimum atomic E-state index is -4.96. The van der Waals surface area contributed by atoms with Gasteiger partial charge < -0.3 is 25.8 Å². The van der Waals surface area contributed by atoms with E-state index in [4.69, 9.17) is 5.73 Å². The zero-order valence-corrected chi connectivity index (χ0v) is 22.3. The predicted molar refractivity (Wildman–Crippen MR) is 148 cm³/mol. The van der Waals surface area contributed by atoms with Crippen LogP contribution in [0.25, 0.3) is 27.7 Å². The van der Waals surface area contributed by atoms with E-state index in [0.717, 1.165) is 24.7 Å². The van der Waals surface area contributed by atoms with Gasteiger partial charge in [0.2, 0.25) is 5.95 Å². The smallest absolute Gasteiger partial charge is 0.404 e. The molecule has 2 aromatic carbocycles. The maximum absolute atomic E-state index is 13.4. The lowest BCUT2D eigenvalue weighted by atomic mass is 10.1. The number of rotatable bonds is 7. The average Bonchev–Trinajstić information content (AvgIpc) is 2.94. The molecule has 11 nitrogen and oxygen atoms in total. The molecule has 14 heteroatoms. The molecule has 2 unspecified atom stereocenters. The number of nitrogens with two attached hydrogens (primary N) is 1. The summed E-state index contributed by atoms with van der Waals surface area (Å²) in [5.41, 5.74) is 7.05. The maximum atomic E-state index is 13.4. The van der Waals surface area contributed by atoms with Gasteiger partial charge in [0.1, 0.15) is 12.6 Å². The molecular formula is C27H29F3N8O3. The van der Waals surface area contributed by atoms with Crippen molar-refractivity contribution in [3.63, 3.8) is 0 Å². The number of piperazine rings is 1. The highest BCUT2D eigenvalue weighted by atomic mass is 19.4. The normalized spacial score (nSPS) is 16.4. The molecule has 0 radical (unpaired) electrons. The van der Waals surface area contributed by atoms with E-state index in [0.29, 0.717) is 29.6 Å². The summed E-state index contributed by atoms with van der Waals surface area (Å²) >= 11 is 0. The Morgan fingerprint density at radius 2 is 1.73 bits per heavy atom. The summed E-state index contributed by atoms with van der Waals surface area (Å²) in [4.78, 5) is 30.0. The molecule has 1 aliphatic rings. The van der Waals surface area contributed by atoms with E-state index in [-0.39, 0.29) is 17.3 Å². The van der Waals surface area contributed by atoms with Crippen molar-refractivity contribution in [1.82, 2.24) is 29.3 Å². The van der Waals surface area contributed by atoms with Crippen LogP contribution in [-0.4, -0.2) is 86.3 Å². The van der Waals surface area contributed by atoms with Crippen LogP contribution in [0.4, 0.5) is 24.8 Å². The number of nitrogens with one attached hydrogen (secondary N) is 1. The topological polar surface area (TPSA) is 135 Å². The summed E-state index contributed by atoms with van der Waals surface area (Å²) in [6.45, 7) is 4.81. The number of alkyl halides is 3. The van der Waals surface area contributed by atoms with Gasteiger partial charge in [0, 0.05) is 44.1 Å². The number of hydrogen-bond acceptors (Lipinski definition) is 10. The SMILES string of the molecule is CC(C(O)Nc1cc(-n2cnc3cc(-c4cnc(N)nc4)ccc3c2=O)ccc1OC(F)(F)F)N1CCN(C)CC1. The van der Waals surface area contributed by atoms with Gasteiger partial charge in [-0.3, -0.25) is 14.3 Å². The molecule has 3 heterocycles. The number of ether oxygens (including phenoxy) is 1. The monoisotopic (exact) mass is 570 g/mol. The van der Waals surface area contributed by atoms with E-state index in [2.05, 4.69) is 29.9 Å². The molecule has 2 atom stereocenters. The van der Waals surface area contributed by atoms with Gasteiger partial charge in [0.05, 0.1) is 28.3 Å². The summed E-state index contributed by atoms with van der Waals surface area (Å²) in [6.07, 6.45) is -1.77. The van der Waals surface area contributed by atoms with Crippen molar-refractivity contribution in [3.8, 4) is 22.6 Å². The zero-order chi connectivity index (χ0) is 29.3. The molecular weight excluding hydrogens is 541 g/mol. The number of halogens is 3. The average molecular weight is 571 g/mol. The minimum absolute atomic E-state index is 0.126. The molecule has 0 aliphatic carbocycles. The van der Waals surface area contributed by atoms with Gasteiger partial charge in [-0.1, -0.05) is 6.07 Å². The number of benzene rings is 2. The van der Waals surface area contributed by atoms with Crippen molar-refractivity contribution in [2.75, 3.05) is 44.3 Å². The standard InChI is InChI=1S/C27H29F3N8O3/c1-16(37-9-7-36(2)8-10-37)24(39)35-22-12-19(4-6-23(22)41-27(28,29)30)38-15-34-21-11-17(3-5-20(21)25(38)40)18-13-32-26(31)33-14-18/h3-6,11-16,24,35,39H,7-10H2,1-2H3,(H2,31,32,33). The van der Waals surface area contributed by atoms with Gasteiger partial charge in [-0.15, -0.1) is 13.2 Å². The van der Waals surface area contributed by atoms with Crippen molar-refractivity contribution in [2.45, 2.75) is 25.6 Å². The first-order chi connectivity index (χ1) is 19.5. The number of hydrogen-bond donors (Lipinski definition) is 3. The first-order valence-corrected chi connectivity index (χ1v) is 12.9. The molecule has 5 rings (SSSR count). The van der Waals surface area contributed by atoms with Gasteiger partial charge in [0.15, 0.2) is 5.75 Å². The largest absolute Gasteiger partial charge is 0.573 e. The Kier molecular flexibility index (Phi) is 7.80.